The van der Waals surface area contributed by atoms with E-state index < -0.39 is 5.82 Å². The van der Waals surface area contributed by atoms with Gasteiger partial charge in [-0.2, -0.15) is 0 Å². The smallest absolute Gasteiger partial charge is 0.137 e. The predicted octanol–water partition coefficient (Wildman–Crippen LogP) is 3.26. The van der Waals surface area contributed by atoms with Gasteiger partial charge in [0.15, 0.2) is 0 Å². The fraction of sp³-hybridized carbons (Fsp3) is 0.0714. The van der Waals surface area contributed by atoms with Gasteiger partial charge in [-0.05, 0) is 30.3 Å². The Morgan fingerprint density at radius 1 is 1.16 bits per heavy atom. The van der Waals surface area contributed by atoms with Crippen LogP contribution >= 0.6 is 12.2 Å². The summed E-state index contributed by atoms with van der Waals surface area (Å²) < 4.78 is 23.9. The topological polar surface area (TPSA) is 44.5 Å². The summed E-state index contributed by atoms with van der Waals surface area (Å²) in [7, 11) is 1.57. The molecule has 19 heavy (non-hydrogen) atoms. The Balaban J connectivity index is 2.34. The van der Waals surface area contributed by atoms with Crippen LogP contribution in [0.4, 0.5) is 4.39 Å². The molecule has 0 saturated heterocycles. The van der Waals surface area contributed by atoms with Gasteiger partial charge in [0.05, 0.1) is 12.7 Å². The summed E-state index contributed by atoms with van der Waals surface area (Å²) >= 11 is 4.88. The Labute approximate surface area is 115 Å². The first kappa shape index (κ1) is 13.3. The van der Waals surface area contributed by atoms with Crippen molar-refractivity contribution in [1.29, 1.82) is 0 Å². The highest BCUT2D eigenvalue weighted by molar-refractivity contribution is 7.80. The summed E-state index contributed by atoms with van der Waals surface area (Å²) in [5, 5.41) is 0. The molecule has 0 bridgehead atoms. The summed E-state index contributed by atoms with van der Waals surface area (Å²) in [6.45, 7) is 0. The van der Waals surface area contributed by atoms with Crippen LogP contribution in [0, 0.1) is 5.82 Å². The molecule has 2 aromatic rings. The number of benzene rings is 2. The summed E-state index contributed by atoms with van der Waals surface area (Å²) in [5.41, 5.74) is 5.91. The van der Waals surface area contributed by atoms with Crippen LogP contribution in [0.25, 0.3) is 0 Å². The molecule has 0 aliphatic carbocycles. The van der Waals surface area contributed by atoms with Gasteiger partial charge in [0.25, 0.3) is 0 Å². The van der Waals surface area contributed by atoms with E-state index in [0.29, 0.717) is 22.8 Å². The van der Waals surface area contributed by atoms with Crippen molar-refractivity contribution in [2.75, 3.05) is 7.11 Å². The van der Waals surface area contributed by atoms with Gasteiger partial charge in [0, 0.05) is 6.07 Å². The number of ether oxygens (including phenoxy) is 2. The molecule has 3 nitrogen and oxygen atoms in total. The molecule has 2 rings (SSSR count). The zero-order chi connectivity index (χ0) is 13.8. The molecular formula is C14H12FNO2S. The minimum atomic E-state index is -0.416. The number of hydrogen-bond donors (Lipinski definition) is 1. The number of nitrogens with two attached hydrogens (primary N) is 1. The van der Waals surface area contributed by atoms with Gasteiger partial charge in [0.1, 0.15) is 28.1 Å². The van der Waals surface area contributed by atoms with Gasteiger partial charge in [-0.1, -0.05) is 18.3 Å². The molecule has 2 N–H and O–H groups in total. The standard InChI is InChI=1S/C14H12FNO2S/c1-17-10-3-2-4-11(8-10)18-13-6-5-9(15)7-12(13)14(16)19/h2-8H,1H3,(H2,16,19). The molecule has 0 amide bonds. The number of thiocarbonyl (C=S) groups is 1. The number of methoxy groups -OCH3 is 1. The molecule has 0 unspecified atom stereocenters. The van der Waals surface area contributed by atoms with E-state index >= 15 is 0 Å². The number of halogens is 1. The highest BCUT2D eigenvalue weighted by Crippen LogP contribution is 2.28. The summed E-state index contributed by atoms with van der Waals surface area (Å²) in [5.74, 6) is 1.21. The molecule has 0 heterocycles. The largest absolute Gasteiger partial charge is 0.497 e. The van der Waals surface area contributed by atoms with E-state index in [2.05, 4.69) is 0 Å². The fourth-order valence-electron chi connectivity index (χ4n) is 1.58. The normalized spacial score (nSPS) is 10.0. The van der Waals surface area contributed by atoms with E-state index in [1.165, 1.54) is 18.2 Å². The van der Waals surface area contributed by atoms with Crippen LogP contribution in [0.1, 0.15) is 5.56 Å². The summed E-state index contributed by atoms with van der Waals surface area (Å²) in [6.07, 6.45) is 0. The van der Waals surface area contributed by atoms with E-state index in [0.717, 1.165) is 0 Å². The van der Waals surface area contributed by atoms with Crippen molar-refractivity contribution in [1.82, 2.24) is 0 Å². The lowest BCUT2D eigenvalue weighted by atomic mass is 10.2. The van der Waals surface area contributed by atoms with Gasteiger partial charge in [-0.25, -0.2) is 4.39 Å². The Bertz CT molecular complexity index is 616. The average Bonchev–Trinajstić information content (AvgIpc) is 2.41. The SMILES string of the molecule is COc1cccc(Oc2ccc(F)cc2C(N)=S)c1. The van der Waals surface area contributed by atoms with Crippen molar-refractivity contribution in [3.63, 3.8) is 0 Å². The molecule has 2 aromatic carbocycles. The molecular weight excluding hydrogens is 265 g/mol. The molecule has 0 aromatic heterocycles. The van der Waals surface area contributed by atoms with Crippen LogP contribution in [-0.2, 0) is 0 Å². The molecule has 0 aliphatic rings. The van der Waals surface area contributed by atoms with Crippen molar-refractivity contribution in [3.8, 4) is 17.2 Å². The predicted molar refractivity (Wildman–Crippen MR) is 75.4 cm³/mol. The number of rotatable bonds is 4. The Morgan fingerprint density at radius 3 is 2.58 bits per heavy atom. The Hall–Kier alpha value is -2.14. The molecule has 0 fully saturated rings. The summed E-state index contributed by atoms with van der Waals surface area (Å²) in [6, 6.07) is 11.1. The second kappa shape index (κ2) is 5.67. The van der Waals surface area contributed by atoms with Gasteiger partial charge in [-0.3, -0.25) is 0 Å². The van der Waals surface area contributed by atoms with Crippen molar-refractivity contribution < 1.29 is 13.9 Å². The van der Waals surface area contributed by atoms with Crippen LogP contribution < -0.4 is 15.2 Å². The first-order valence-electron chi connectivity index (χ1n) is 5.51. The lowest BCUT2D eigenvalue weighted by molar-refractivity contribution is 0.409. The van der Waals surface area contributed by atoms with E-state index in [1.807, 2.05) is 0 Å². The van der Waals surface area contributed by atoms with Crippen LogP contribution in [0.3, 0.4) is 0 Å². The number of hydrogen-bond acceptors (Lipinski definition) is 3. The first-order chi connectivity index (χ1) is 9.10. The molecule has 0 radical (unpaired) electrons. The van der Waals surface area contributed by atoms with E-state index in [9.17, 15) is 4.39 Å². The molecule has 98 valence electrons. The average molecular weight is 277 g/mol. The van der Waals surface area contributed by atoms with Crippen molar-refractivity contribution in [2.24, 2.45) is 5.73 Å². The Morgan fingerprint density at radius 2 is 1.89 bits per heavy atom. The van der Waals surface area contributed by atoms with Gasteiger partial charge < -0.3 is 15.2 Å². The maximum absolute atomic E-state index is 13.2. The Kier molecular flexibility index (Phi) is 3.97. The monoisotopic (exact) mass is 277 g/mol. The lowest BCUT2D eigenvalue weighted by Gasteiger charge is -2.11. The van der Waals surface area contributed by atoms with Crippen molar-refractivity contribution >= 4 is 17.2 Å². The van der Waals surface area contributed by atoms with Crippen LogP contribution in [0.15, 0.2) is 42.5 Å². The molecule has 5 heteroatoms. The maximum atomic E-state index is 13.2. The van der Waals surface area contributed by atoms with E-state index in [-0.39, 0.29) is 4.99 Å². The van der Waals surface area contributed by atoms with Gasteiger partial charge >= 0.3 is 0 Å². The second-order valence-electron chi connectivity index (χ2n) is 3.79. The zero-order valence-electron chi connectivity index (χ0n) is 10.2. The van der Waals surface area contributed by atoms with Crippen LogP contribution in [-0.4, -0.2) is 12.1 Å². The second-order valence-corrected chi connectivity index (χ2v) is 4.23. The molecule has 0 aliphatic heterocycles. The summed E-state index contributed by atoms with van der Waals surface area (Å²) in [4.78, 5) is 0.0809. The fourth-order valence-corrected chi connectivity index (χ4v) is 1.73. The lowest BCUT2D eigenvalue weighted by Crippen LogP contribution is -2.11. The quantitative estimate of drug-likeness (QED) is 0.871. The van der Waals surface area contributed by atoms with E-state index in [1.54, 1.807) is 31.4 Å². The maximum Gasteiger partial charge on any atom is 0.137 e. The first-order valence-corrected chi connectivity index (χ1v) is 5.92. The van der Waals surface area contributed by atoms with Gasteiger partial charge in [-0.15, -0.1) is 0 Å². The van der Waals surface area contributed by atoms with Crippen LogP contribution in [0.2, 0.25) is 0 Å². The third-order valence-corrected chi connectivity index (χ3v) is 2.70. The third-order valence-electron chi connectivity index (χ3n) is 2.48. The highest BCUT2D eigenvalue weighted by Gasteiger charge is 2.09. The molecule has 0 saturated carbocycles. The zero-order valence-corrected chi connectivity index (χ0v) is 11.0. The minimum Gasteiger partial charge on any atom is -0.497 e. The minimum absolute atomic E-state index is 0.0809. The van der Waals surface area contributed by atoms with Crippen LogP contribution in [0.5, 0.6) is 17.2 Å². The highest BCUT2D eigenvalue weighted by atomic mass is 32.1. The van der Waals surface area contributed by atoms with Crippen molar-refractivity contribution in [3.05, 3.63) is 53.8 Å². The molecule has 0 spiro atoms. The van der Waals surface area contributed by atoms with E-state index in [4.69, 9.17) is 27.4 Å². The molecule has 0 atom stereocenters. The third kappa shape index (κ3) is 3.20. The van der Waals surface area contributed by atoms with Gasteiger partial charge in [0.2, 0.25) is 0 Å². The van der Waals surface area contributed by atoms with Crippen molar-refractivity contribution in [2.45, 2.75) is 0 Å².